The first-order chi connectivity index (χ1) is 14.7. The molecule has 0 radical (unpaired) electrons. The molecular formula is C24H27N3O3. The van der Waals surface area contributed by atoms with Crippen molar-refractivity contribution in [3.05, 3.63) is 60.3 Å². The van der Waals surface area contributed by atoms with Crippen molar-refractivity contribution in [1.29, 1.82) is 0 Å². The van der Waals surface area contributed by atoms with Crippen LogP contribution in [0.25, 0.3) is 16.9 Å². The number of nitrogens with zero attached hydrogens (tertiary/aromatic N) is 2. The highest BCUT2D eigenvalue weighted by molar-refractivity contribution is 5.94. The molecule has 156 valence electrons. The molecule has 30 heavy (non-hydrogen) atoms. The lowest BCUT2D eigenvalue weighted by Crippen LogP contribution is -2.37. The molecule has 0 atom stereocenters. The van der Waals surface area contributed by atoms with E-state index in [0.29, 0.717) is 5.69 Å². The lowest BCUT2D eigenvalue weighted by Gasteiger charge is -2.22. The van der Waals surface area contributed by atoms with Gasteiger partial charge in [0.25, 0.3) is 5.91 Å². The first-order valence-electron chi connectivity index (χ1n) is 10.4. The number of carbonyl (C=O) groups is 1. The van der Waals surface area contributed by atoms with Gasteiger partial charge in [0.1, 0.15) is 17.2 Å². The number of aromatic nitrogens is 2. The van der Waals surface area contributed by atoms with Gasteiger partial charge in [-0.05, 0) is 55.3 Å². The van der Waals surface area contributed by atoms with E-state index < -0.39 is 0 Å². The van der Waals surface area contributed by atoms with Crippen LogP contribution in [0.1, 0.15) is 42.6 Å². The molecule has 1 heterocycles. The van der Waals surface area contributed by atoms with Crippen LogP contribution in [-0.4, -0.2) is 35.9 Å². The Balaban J connectivity index is 1.71. The Labute approximate surface area is 176 Å². The third-order valence-electron chi connectivity index (χ3n) is 5.56. The summed E-state index contributed by atoms with van der Waals surface area (Å²) >= 11 is 0. The van der Waals surface area contributed by atoms with E-state index in [-0.39, 0.29) is 11.9 Å². The van der Waals surface area contributed by atoms with Gasteiger partial charge in [-0.3, -0.25) is 4.79 Å². The van der Waals surface area contributed by atoms with Crippen molar-refractivity contribution in [2.24, 2.45) is 0 Å². The summed E-state index contributed by atoms with van der Waals surface area (Å²) in [6, 6.07) is 17.3. The summed E-state index contributed by atoms with van der Waals surface area (Å²) < 4.78 is 12.3. The van der Waals surface area contributed by atoms with E-state index in [4.69, 9.17) is 14.6 Å². The Morgan fingerprint density at radius 2 is 1.70 bits per heavy atom. The molecule has 1 aromatic heterocycles. The van der Waals surface area contributed by atoms with E-state index >= 15 is 0 Å². The average molecular weight is 405 g/mol. The number of benzene rings is 2. The molecule has 1 amide bonds. The molecule has 1 N–H and O–H groups in total. The summed E-state index contributed by atoms with van der Waals surface area (Å²) in [7, 11) is 3.27. The molecule has 0 aliphatic heterocycles. The highest BCUT2D eigenvalue weighted by atomic mass is 16.5. The van der Waals surface area contributed by atoms with Crippen molar-refractivity contribution in [2.75, 3.05) is 14.2 Å². The Kier molecular flexibility index (Phi) is 6.02. The van der Waals surface area contributed by atoms with Crippen molar-refractivity contribution < 1.29 is 14.3 Å². The Morgan fingerprint density at radius 1 is 0.967 bits per heavy atom. The highest BCUT2D eigenvalue weighted by Crippen LogP contribution is 2.26. The summed E-state index contributed by atoms with van der Waals surface area (Å²) in [6.45, 7) is 0. The molecule has 0 spiro atoms. The van der Waals surface area contributed by atoms with E-state index in [9.17, 15) is 4.79 Å². The number of ether oxygens (including phenoxy) is 2. The van der Waals surface area contributed by atoms with Gasteiger partial charge in [0.05, 0.1) is 25.6 Å². The van der Waals surface area contributed by atoms with Crippen molar-refractivity contribution in [3.8, 4) is 28.4 Å². The zero-order valence-corrected chi connectivity index (χ0v) is 17.4. The van der Waals surface area contributed by atoms with Gasteiger partial charge in [-0.15, -0.1) is 0 Å². The monoisotopic (exact) mass is 405 g/mol. The van der Waals surface area contributed by atoms with Crippen LogP contribution in [0, 0.1) is 0 Å². The topological polar surface area (TPSA) is 65.4 Å². The molecule has 1 fully saturated rings. The molecular weight excluding hydrogens is 378 g/mol. The Bertz CT molecular complexity index is 1000. The second kappa shape index (κ2) is 9.03. The standard InChI is InChI=1S/C24H27N3O3/c1-29-20-13-11-19(12-14-20)27-23(24(28)25-18-8-4-3-5-9-18)16-22(26-27)17-7-6-10-21(15-17)30-2/h6-7,10-16,18H,3-5,8-9H2,1-2H3,(H,25,28). The summed E-state index contributed by atoms with van der Waals surface area (Å²) in [5.74, 6) is 1.41. The maximum absolute atomic E-state index is 13.2. The maximum Gasteiger partial charge on any atom is 0.270 e. The molecule has 0 saturated heterocycles. The van der Waals surface area contributed by atoms with Crippen LogP contribution in [0.4, 0.5) is 0 Å². The first-order valence-corrected chi connectivity index (χ1v) is 10.4. The normalized spacial score (nSPS) is 14.3. The van der Waals surface area contributed by atoms with E-state index in [1.807, 2.05) is 54.6 Å². The van der Waals surface area contributed by atoms with Gasteiger partial charge in [-0.25, -0.2) is 4.68 Å². The third-order valence-corrected chi connectivity index (χ3v) is 5.56. The predicted octanol–water partition coefficient (Wildman–Crippen LogP) is 4.62. The van der Waals surface area contributed by atoms with Crippen molar-refractivity contribution in [3.63, 3.8) is 0 Å². The van der Waals surface area contributed by atoms with Gasteiger partial charge in [0.15, 0.2) is 0 Å². The van der Waals surface area contributed by atoms with Crippen LogP contribution in [0.15, 0.2) is 54.6 Å². The predicted molar refractivity (Wildman–Crippen MR) is 116 cm³/mol. The molecule has 1 aliphatic carbocycles. The second-order valence-electron chi connectivity index (χ2n) is 7.56. The smallest absolute Gasteiger partial charge is 0.270 e. The molecule has 4 rings (SSSR count). The number of nitrogens with one attached hydrogen (secondary N) is 1. The number of rotatable bonds is 6. The Hall–Kier alpha value is -3.28. The van der Waals surface area contributed by atoms with Gasteiger partial charge in [0.2, 0.25) is 0 Å². The minimum atomic E-state index is -0.0978. The minimum absolute atomic E-state index is 0.0978. The van der Waals surface area contributed by atoms with Crippen molar-refractivity contribution >= 4 is 5.91 Å². The summed E-state index contributed by atoms with van der Waals surface area (Å²) in [5.41, 5.74) is 2.94. The van der Waals surface area contributed by atoms with Crippen LogP contribution in [-0.2, 0) is 0 Å². The molecule has 0 bridgehead atoms. The van der Waals surface area contributed by atoms with E-state index in [1.54, 1.807) is 18.9 Å². The van der Waals surface area contributed by atoms with E-state index in [0.717, 1.165) is 54.1 Å². The van der Waals surface area contributed by atoms with E-state index in [2.05, 4.69) is 5.32 Å². The highest BCUT2D eigenvalue weighted by Gasteiger charge is 2.22. The lowest BCUT2D eigenvalue weighted by molar-refractivity contribution is 0.0920. The number of hydrogen-bond donors (Lipinski definition) is 1. The maximum atomic E-state index is 13.2. The molecule has 0 unspecified atom stereocenters. The molecule has 6 heteroatoms. The zero-order chi connectivity index (χ0) is 20.9. The fourth-order valence-corrected chi connectivity index (χ4v) is 3.89. The largest absolute Gasteiger partial charge is 0.497 e. The fraction of sp³-hybridized carbons (Fsp3) is 0.333. The van der Waals surface area contributed by atoms with Crippen LogP contribution < -0.4 is 14.8 Å². The third kappa shape index (κ3) is 4.32. The summed E-state index contributed by atoms with van der Waals surface area (Å²) in [6.07, 6.45) is 5.64. The zero-order valence-electron chi connectivity index (χ0n) is 17.4. The van der Waals surface area contributed by atoms with Crippen LogP contribution in [0.5, 0.6) is 11.5 Å². The molecule has 6 nitrogen and oxygen atoms in total. The van der Waals surface area contributed by atoms with Gasteiger partial charge < -0.3 is 14.8 Å². The molecule has 3 aromatic rings. The second-order valence-corrected chi connectivity index (χ2v) is 7.56. The lowest BCUT2D eigenvalue weighted by atomic mass is 9.95. The van der Waals surface area contributed by atoms with Gasteiger partial charge in [-0.2, -0.15) is 5.10 Å². The van der Waals surface area contributed by atoms with Crippen LogP contribution >= 0.6 is 0 Å². The first kappa shape index (κ1) is 20.0. The van der Waals surface area contributed by atoms with Crippen molar-refractivity contribution in [2.45, 2.75) is 38.1 Å². The van der Waals surface area contributed by atoms with Gasteiger partial charge in [0, 0.05) is 11.6 Å². The number of carbonyl (C=O) groups excluding carboxylic acids is 1. The van der Waals surface area contributed by atoms with Crippen LogP contribution in [0.3, 0.4) is 0 Å². The van der Waals surface area contributed by atoms with Gasteiger partial charge in [-0.1, -0.05) is 31.4 Å². The number of hydrogen-bond acceptors (Lipinski definition) is 4. The summed E-state index contributed by atoms with van der Waals surface area (Å²) in [5, 5.41) is 7.96. The molecule has 2 aromatic carbocycles. The Morgan fingerprint density at radius 3 is 2.40 bits per heavy atom. The van der Waals surface area contributed by atoms with Crippen molar-refractivity contribution in [1.82, 2.24) is 15.1 Å². The number of methoxy groups -OCH3 is 2. The summed E-state index contributed by atoms with van der Waals surface area (Å²) in [4.78, 5) is 13.2. The fourth-order valence-electron chi connectivity index (χ4n) is 3.89. The molecule has 1 aliphatic rings. The number of amides is 1. The van der Waals surface area contributed by atoms with E-state index in [1.165, 1.54) is 6.42 Å². The molecule has 1 saturated carbocycles. The SMILES string of the molecule is COc1ccc(-n2nc(-c3cccc(OC)c3)cc2C(=O)NC2CCCCC2)cc1. The van der Waals surface area contributed by atoms with Crippen LogP contribution in [0.2, 0.25) is 0 Å². The minimum Gasteiger partial charge on any atom is -0.497 e. The quantitative estimate of drug-likeness (QED) is 0.650. The van der Waals surface area contributed by atoms with Gasteiger partial charge >= 0.3 is 0 Å². The average Bonchev–Trinajstić information content (AvgIpc) is 3.25.